The van der Waals surface area contributed by atoms with Gasteiger partial charge >= 0.3 is 11.9 Å². The van der Waals surface area contributed by atoms with E-state index in [4.69, 9.17) is 18.5 Å². The van der Waals surface area contributed by atoms with Gasteiger partial charge in [-0.1, -0.05) is 94.6 Å². The highest BCUT2D eigenvalue weighted by molar-refractivity contribution is 7.45. The minimum atomic E-state index is -4.73. The van der Waals surface area contributed by atoms with Crippen LogP contribution >= 0.6 is 7.82 Å². The Hall–Kier alpha value is -2.48. The summed E-state index contributed by atoms with van der Waals surface area (Å²) in [7, 11) is 0.931. The number of rotatable bonds is 36. The van der Waals surface area contributed by atoms with Gasteiger partial charge in [0.25, 0.3) is 7.82 Å². The van der Waals surface area contributed by atoms with Crippen molar-refractivity contribution in [3.05, 3.63) is 48.6 Å². The van der Waals surface area contributed by atoms with Crippen LogP contribution in [0.4, 0.5) is 0 Å². The number of Topliss-reactive ketones (excluding diaryl/α,β-unsaturated/α-hetero) is 1. The molecule has 1 aliphatic rings. The normalized spacial score (nSPS) is 20.7. The van der Waals surface area contributed by atoms with E-state index in [1.54, 1.807) is 12.2 Å². The number of quaternary nitrogens is 1. The number of aliphatic hydroxyl groups excluding tert-OH is 3. The molecule has 3 N–H and O–H groups in total. The van der Waals surface area contributed by atoms with Gasteiger partial charge in [0, 0.05) is 43.9 Å². The second-order valence-corrected chi connectivity index (χ2v) is 18.4. The highest BCUT2D eigenvalue weighted by Crippen LogP contribution is 2.39. The molecule has 1 unspecified atom stereocenters. The number of phosphoric ester groups is 1. The van der Waals surface area contributed by atoms with Crippen LogP contribution in [0.25, 0.3) is 0 Å². The number of esters is 2. The van der Waals surface area contributed by atoms with Crippen LogP contribution in [0.5, 0.6) is 0 Å². The van der Waals surface area contributed by atoms with Crippen LogP contribution in [0.2, 0.25) is 0 Å². The molecule has 0 aliphatic heterocycles. The molecule has 0 saturated heterocycles. The van der Waals surface area contributed by atoms with Gasteiger partial charge in [0.05, 0.1) is 46.1 Å². The lowest BCUT2D eigenvalue weighted by atomic mass is 9.87. The predicted molar refractivity (Wildman–Crippen MR) is 234 cm³/mol. The molecule has 1 rings (SSSR count). The van der Waals surface area contributed by atoms with E-state index in [-0.39, 0.29) is 44.5 Å². The molecule has 0 radical (unpaired) electrons. The number of aliphatic hydroxyl groups is 3. The zero-order chi connectivity index (χ0) is 44.7. The number of ketones is 1. The number of hydrogen-bond donors (Lipinski definition) is 3. The van der Waals surface area contributed by atoms with Gasteiger partial charge in [-0.15, -0.1) is 0 Å². The summed E-state index contributed by atoms with van der Waals surface area (Å²) in [5.41, 5.74) is 0. The monoisotopic (exact) mass is 870 g/mol. The van der Waals surface area contributed by atoms with Gasteiger partial charge in [0.2, 0.25) is 0 Å². The first-order chi connectivity index (χ1) is 28.6. The van der Waals surface area contributed by atoms with Gasteiger partial charge in [-0.05, 0) is 64.2 Å². The Morgan fingerprint density at radius 3 is 2.00 bits per heavy atom. The Bertz CT molecular complexity index is 1340. The number of hydrogen-bond acceptors (Lipinski definition) is 12. The Balaban J connectivity index is 2.55. The second kappa shape index (κ2) is 33.1. The molecule has 7 atom stereocenters. The zero-order valence-electron chi connectivity index (χ0n) is 37.5. The zero-order valence-corrected chi connectivity index (χ0v) is 38.4. The molecule has 14 heteroatoms. The summed E-state index contributed by atoms with van der Waals surface area (Å²) < 4.78 is 33.7. The summed E-state index contributed by atoms with van der Waals surface area (Å²) in [6.45, 7) is 3.60. The minimum Gasteiger partial charge on any atom is -0.756 e. The number of ether oxygens (including phenoxy) is 2. The lowest BCUT2D eigenvalue weighted by Crippen LogP contribution is -2.37. The van der Waals surface area contributed by atoms with Gasteiger partial charge in [-0.2, -0.15) is 0 Å². The fourth-order valence-electron chi connectivity index (χ4n) is 6.66. The molecule has 0 amide bonds. The molecule has 1 fully saturated rings. The summed E-state index contributed by atoms with van der Waals surface area (Å²) in [4.78, 5) is 50.6. The van der Waals surface area contributed by atoms with E-state index >= 15 is 0 Å². The maximum Gasteiger partial charge on any atom is 0.306 e. The van der Waals surface area contributed by atoms with Crippen LogP contribution in [-0.2, 0) is 37.5 Å². The number of phosphoric acid groups is 1. The lowest BCUT2D eigenvalue weighted by Gasteiger charge is -2.28. The predicted octanol–water partition coefficient (Wildman–Crippen LogP) is 7.61. The summed E-state index contributed by atoms with van der Waals surface area (Å²) in [6, 6.07) is 0. The molecule has 0 aromatic rings. The molecule has 0 aromatic carbocycles. The third kappa shape index (κ3) is 29.7. The van der Waals surface area contributed by atoms with E-state index in [1.807, 2.05) is 21.1 Å². The highest BCUT2D eigenvalue weighted by Gasteiger charge is 2.41. The van der Waals surface area contributed by atoms with Crippen LogP contribution in [0.15, 0.2) is 48.6 Å². The van der Waals surface area contributed by atoms with Crippen molar-refractivity contribution in [1.82, 2.24) is 0 Å². The number of allylic oxidation sites excluding steroid dienone is 6. The van der Waals surface area contributed by atoms with E-state index < -0.39 is 69.2 Å². The molecule has 0 heterocycles. The highest BCUT2D eigenvalue weighted by atomic mass is 31.2. The Morgan fingerprint density at radius 1 is 0.767 bits per heavy atom. The largest absolute Gasteiger partial charge is 0.756 e. The van der Waals surface area contributed by atoms with E-state index in [0.717, 1.165) is 51.4 Å². The van der Waals surface area contributed by atoms with E-state index in [9.17, 15) is 39.2 Å². The average molecular weight is 870 g/mol. The molecule has 346 valence electrons. The third-order valence-electron chi connectivity index (χ3n) is 10.3. The average Bonchev–Trinajstić information content (AvgIpc) is 3.44. The molecular weight excluding hydrogens is 789 g/mol. The summed E-state index contributed by atoms with van der Waals surface area (Å²) in [6.07, 6.45) is 26.4. The second-order valence-electron chi connectivity index (χ2n) is 17.0. The van der Waals surface area contributed by atoms with Crippen LogP contribution < -0.4 is 4.89 Å². The third-order valence-corrected chi connectivity index (χ3v) is 11.3. The van der Waals surface area contributed by atoms with Crippen molar-refractivity contribution < 1.29 is 62.2 Å². The van der Waals surface area contributed by atoms with E-state index in [1.165, 1.54) is 19.3 Å². The van der Waals surface area contributed by atoms with Gasteiger partial charge < -0.3 is 43.2 Å². The molecule has 1 saturated carbocycles. The lowest BCUT2D eigenvalue weighted by molar-refractivity contribution is -0.870. The molecule has 60 heavy (non-hydrogen) atoms. The molecule has 0 bridgehead atoms. The smallest absolute Gasteiger partial charge is 0.306 e. The SMILES string of the molecule is CCCCC/C=C\C/C=C\C/C=C\CCCCC(=O)O[C@H](COC(=O)CCCCC(=O)C[C@@H]1[C@@H](/C=C/[C@@H](O)CCCCC)[C@H](O)C[C@@H]1O)COP(=O)([O-])OCC[N+](C)(C)C. The maximum absolute atomic E-state index is 12.9. The van der Waals surface area contributed by atoms with Crippen molar-refractivity contribution in [2.45, 2.75) is 167 Å². The minimum absolute atomic E-state index is 0.0193. The van der Waals surface area contributed by atoms with Crippen molar-refractivity contribution in [3.63, 3.8) is 0 Å². The Labute approximate surface area is 361 Å². The van der Waals surface area contributed by atoms with Gasteiger partial charge in [-0.25, -0.2) is 0 Å². The van der Waals surface area contributed by atoms with Crippen LogP contribution in [0, 0.1) is 11.8 Å². The molecule has 0 spiro atoms. The van der Waals surface area contributed by atoms with E-state index in [0.29, 0.717) is 36.7 Å². The topological polar surface area (TPSA) is 189 Å². The first-order valence-electron chi connectivity index (χ1n) is 22.5. The number of carbonyl (C=O) groups excluding carboxylic acids is 3. The standard InChI is InChI=1S/C46H80NO12P/c1-6-8-10-11-12-13-14-15-16-17-18-19-20-21-23-29-46(53)59-40(37-58-60(54,55)57-33-32-47(3,4)5)36-56-45(52)28-25-24-27-39(49)34-42-41(43(50)35-44(42)51)31-30-38(48)26-22-9-7-2/h12-13,15-16,18-19,30-31,38,40-44,48,50-51H,6-11,14,17,20-29,32-37H2,1-5H3/b13-12-,16-15-,19-18-,31-30+/t38-,40+,41+,42+,43+,44-/m0/s1. The first kappa shape index (κ1) is 55.5. The van der Waals surface area contributed by atoms with Crippen LogP contribution in [-0.4, -0.2) is 109 Å². The van der Waals surface area contributed by atoms with Crippen molar-refractivity contribution in [2.24, 2.45) is 11.8 Å². The molecule has 13 nitrogen and oxygen atoms in total. The fraction of sp³-hybridized carbons (Fsp3) is 0.761. The fourth-order valence-corrected chi connectivity index (χ4v) is 7.38. The van der Waals surface area contributed by atoms with E-state index in [2.05, 4.69) is 50.3 Å². The van der Waals surface area contributed by atoms with Gasteiger partial charge in [-0.3, -0.25) is 18.9 Å². The Kier molecular flexibility index (Phi) is 30.7. The van der Waals surface area contributed by atoms with Gasteiger partial charge in [0.15, 0.2) is 6.10 Å². The summed E-state index contributed by atoms with van der Waals surface area (Å²) in [5, 5.41) is 31.3. The number of nitrogens with zero attached hydrogens (tertiary/aromatic N) is 1. The number of likely N-dealkylation sites (N-methyl/N-ethyl adjacent to an activating group) is 1. The molecule has 1 aliphatic carbocycles. The van der Waals surface area contributed by atoms with Crippen molar-refractivity contribution in [1.29, 1.82) is 0 Å². The van der Waals surface area contributed by atoms with Crippen molar-refractivity contribution in [2.75, 3.05) is 47.5 Å². The van der Waals surface area contributed by atoms with Crippen LogP contribution in [0.3, 0.4) is 0 Å². The van der Waals surface area contributed by atoms with Crippen molar-refractivity contribution in [3.8, 4) is 0 Å². The summed E-state index contributed by atoms with van der Waals surface area (Å²) >= 11 is 0. The van der Waals surface area contributed by atoms with Crippen LogP contribution in [0.1, 0.15) is 142 Å². The number of unbranched alkanes of at least 4 members (excludes halogenated alkanes) is 8. The summed E-state index contributed by atoms with van der Waals surface area (Å²) in [5.74, 6) is -2.17. The van der Waals surface area contributed by atoms with Gasteiger partial charge in [0.1, 0.15) is 25.5 Å². The molecular formula is C46H80NO12P. The quantitative estimate of drug-likeness (QED) is 0.0184. The first-order valence-corrected chi connectivity index (χ1v) is 24.0. The molecule has 0 aromatic heterocycles. The van der Waals surface area contributed by atoms with Crippen molar-refractivity contribution >= 4 is 25.5 Å². The number of carbonyl (C=O) groups is 3. The maximum atomic E-state index is 12.9. The Morgan fingerprint density at radius 2 is 1.35 bits per heavy atom.